The van der Waals surface area contributed by atoms with Gasteiger partial charge in [-0.15, -0.1) is 0 Å². The predicted molar refractivity (Wildman–Crippen MR) is 141 cm³/mol. The topological polar surface area (TPSA) is 153 Å². The molecule has 0 spiro atoms. The minimum atomic E-state index is -4.67. The van der Waals surface area contributed by atoms with Crippen LogP contribution >= 0.6 is 0 Å². The molecule has 2 saturated carbocycles. The summed E-state index contributed by atoms with van der Waals surface area (Å²) in [7, 11) is 0. The number of imidazole rings is 1. The van der Waals surface area contributed by atoms with Gasteiger partial charge in [0.05, 0.1) is 30.3 Å². The number of carbonyl (C=O) groups is 2. The molecule has 7 rings (SSSR count). The molecule has 238 valence electrons. The number of hydrogen-bond donors (Lipinski definition) is 2. The van der Waals surface area contributed by atoms with Gasteiger partial charge in [0.1, 0.15) is 23.4 Å². The number of hydrogen-bond acceptors (Lipinski definition) is 9. The van der Waals surface area contributed by atoms with E-state index < -0.39 is 47.8 Å². The van der Waals surface area contributed by atoms with Crippen LogP contribution in [-0.2, 0) is 16.6 Å². The van der Waals surface area contributed by atoms with Crippen molar-refractivity contribution in [2.24, 2.45) is 5.92 Å². The molecule has 2 aliphatic carbocycles. The summed E-state index contributed by atoms with van der Waals surface area (Å²) in [6, 6.07) is -1.30. The zero-order chi connectivity index (χ0) is 31.6. The first kappa shape index (κ1) is 29.3. The van der Waals surface area contributed by atoms with Crippen molar-refractivity contribution in [3.8, 4) is 0 Å². The summed E-state index contributed by atoms with van der Waals surface area (Å²) in [6.45, 7) is 0. The van der Waals surface area contributed by atoms with Gasteiger partial charge in [0.25, 0.3) is 5.91 Å². The van der Waals surface area contributed by atoms with E-state index >= 15 is 0 Å². The van der Waals surface area contributed by atoms with Crippen LogP contribution < -0.4 is 10.6 Å². The van der Waals surface area contributed by atoms with Crippen molar-refractivity contribution in [2.75, 3.05) is 0 Å². The monoisotopic (exact) mass is 634 g/mol. The average molecular weight is 635 g/mol. The fourth-order valence-corrected chi connectivity index (χ4v) is 6.40. The minimum Gasteiger partial charge on any atom is -0.448 e. The molecule has 5 heterocycles. The molecule has 17 heteroatoms. The van der Waals surface area contributed by atoms with E-state index in [1.807, 2.05) is 5.32 Å². The zero-order valence-corrected chi connectivity index (χ0v) is 23.6. The highest BCUT2D eigenvalue weighted by Crippen LogP contribution is 2.44. The lowest BCUT2D eigenvalue weighted by Crippen LogP contribution is -2.40. The Labute approximate surface area is 251 Å². The Bertz CT molecular complexity index is 1720. The third-order valence-corrected chi connectivity index (χ3v) is 8.96. The predicted octanol–water partition coefficient (Wildman–Crippen LogP) is 4.21. The van der Waals surface area contributed by atoms with Crippen LogP contribution in [0.3, 0.4) is 0 Å². The van der Waals surface area contributed by atoms with Gasteiger partial charge in [-0.1, -0.05) is 5.16 Å². The van der Waals surface area contributed by atoms with E-state index in [0.29, 0.717) is 17.0 Å². The largest absolute Gasteiger partial charge is 0.448 e. The van der Waals surface area contributed by atoms with E-state index in [1.54, 1.807) is 12.3 Å². The quantitative estimate of drug-likeness (QED) is 0.272. The van der Waals surface area contributed by atoms with Gasteiger partial charge in [0, 0.05) is 18.8 Å². The summed E-state index contributed by atoms with van der Waals surface area (Å²) in [5.74, 6) is -4.69. The third kappa shape index (κ3) is 5.52. The highest BCUT2D eigenvalue weighted by atomic mass is 19.4. The normalized spacial score (nSPS) is 24.6. The van der Waals surface area contributed by atoms with Crippen LogP contribution in [0.1, 0.15) is 90.2 Å². The molecular formula is C28H27F5N8O4. The molecule has 0 aromatic carbocycles. The summed E-state index contributed by atoms with van der Waals surface area (Å²) in [4.78, 5) is 35.0. The van der Waals surface area contributed by atoms with Gasteiger partial charge < -0.3 is 15.1 Å². The van der Waals surface area contributed by atoms with Crippen LogP contribution in [-0.4, -0.2) is 59.9 Å². The van der Waals surface area contributed by atoms with Crippen LogP contribution in [0.2, 0.25) is 0 Å². The van der Waals surface area contributed by atoms with Gasteiger partial charge in [0.2, 0.25) is 17.7 Å². The summed E-state index contributed by atoms with van der Waals surface area (Å²) in [5.41, 5.74) is -0.239. The molecular weight excluding hydrogens is 607 g/mol. The smallest absolute Gasteiger partial charge is 0.408 e. The summed E-state index contributed by atoms with van der Waals surface area (Å²) in [5, 5.41) is 16.9. The Hall–Kier alpha value is -4.44. The first-order valence-corrected chi connectivity index (χ1v) is 14.5. The maximum absolute atomic E-state index is 14.1. The number of fused-ring (bicyclic) bond motifs is 1. The van der Waals surface area contributed by atoms with Gasteiger partial charge >= 0.3 is 6.18 Å². The van der Waals surface area contributed by atoms with Crippen molar-refractivity contribution in [3.05, 3.63) is 59.5 Å². The number of nitrogens with zero attached hydrogens (tertiary/aromatic N) is 6. The van der Waals surface area contributed by atoms with E-state index in [9.17, 15) is 31.5 Å². The number of amides is 2. The Balaban J connectivity index is 1.19. The third-order valence-electron chi connectivity index (χ3n) is 8.96. The Morgan fingerprint density at radius 1 is 1.18 bits per heavy atom. The van der Waals surface area contributed by atoms with Crippen molar-refractivity contribution >= 4 is 17.5 Å². The average Bonchev–Trinajstić information content (AvgIpc) is 3.39. The summed E-state index contributed by atoms with van der Waals surface area (Å²) in [6.07, 6.45) is 1.17. The molecule has 3 atom stereocenters. The fraction of sp³-hybridized carbons (Fsp3) is 0.536. The van der Waals surface area contributed by atoms with Crippen LogP contribution in [0.15, 0.2) is 40.0 Å². The van der Waals surface area contributed by atoms with E-state index in [-0.39, 0.29) is 61.2 Å². The van der Waals surface area contributed by atoms with Gasteiger partial charge in [-0.05, 0) is 61.2 Å². The molecule has 1 aliphatic heterocycles. The zero-order valence-electron chi connectivity index (χ0n) is 23.6. The SMILES string of the molecule is O=C(N[C@H](c1cn2ncc(C[C@@]3(c4ncco4)C[C@@H](C(F)(F)F)NC3=O)cc2n1)C1CCC(F)(F)CC1)c1nonc1C1CC1. The molecule has 4 aromatic rings. The second-order valence-electron chi connectivity index (χ2n) is 12.1. The van der Waals surface area contributed by atoms with Crippen LogP contribution in [0.5, 0.6) is 0 Å². The Morgan fingerprint density at radius 2 is 1.96 bits per heavy atom. The first-order valence-electron chi connectivity index (χ1n) is 14.5. The maximum atomic E-state index is 14.1. The lowest BCUT2D eigenvalue weighted by molar-refractivity contribution is -0.155. The standard InChI is InChI=1S/C28H27F5N8O4/c29-27(30)5-3-16(4-6-27)20(38-23(42)22-21(15-1-2-15)39-45-40-22)17-13-41-19(36-17)9-14(12-35-41)10-26(25-34-7-8-44-25)11-18(28(31,32)33)37-24(26)43/h7-9,12-13,15-16,18,20H,1-6,10-11H2,(H,37,43)(H,38,42)/t18-,20-,26+/m0/s1. The number of nitrogens with one attached hydrogen (secondary N) is 2. The summed E-state index contributed by atoms with van der Waals surface area (Å²) >= 11 is 0. The minimum absolute atomic E-state index is 0.0386. The second-order valence-corrected chi connectivity index (χ2v) is 12.1. The number of oxazole rings is 1. The molecule has 4 aromatic heterocycles. The Kier molecular flexibility index (Phi) is 6.88. The number of carbonyl (C=O) groups excluding carboxylic acids is 2. The number of alkyl halides is 5. The number of rotatable bonds is 8. The molecule has 0 bridgehead atoms. The lowest BCUT2D eigenvalue weighted by Gasteiger charge is -2.33. The van der Waals surface area contributed by atoms with Crippen LogP contribution in [0, 0.1) is 5.92 Å². The van der Waals surface area contributed by atoms with E-state index in [2.05, 4.69) is 30.7 Å². The molecule has 2 amide bonds. The molecule has 45 heavy (non-hydrogen) atoms. The second kappa shape index (κ2) is 10.6. The molecule has 0 unspecified atom stereocenters. The highest BCUT2D eigenvalue weighted by Gasteiger charge is 2.58. The van der Waals surface area contributed by atoms with Gasteiger partial charge in [-0.25, -0.2) is 27.9 Å². The Morgan fingerprint density at radius 3 is 2.62 bits per heavy atom. The number of halogens is 5. The van der Waals surface area contributed by atoms with Crippen LogP contribution in [0.4, 0.5) is 22.0 Å². The van der Waals surface area contributed by atoms with Crippen molar-refractivity contribution in [1.82, 2.24) is 40.5 Å². The van der Waals surface area contributed by atoms with Crippen LogP contribution in [0.25, 0.3) is 5.65 Å². The van der Waals surface area contributed by atoms with Crippen molar-refractivity contribution < 1.29 is 40.6 Å². The van der Waals surface area contributed by atoms with Gasteiger partial charge in [-0.2, -0.15) is 18.3 Å². The fourth-order valence-electron chi connectivity index (χ4n) is 6.40. The van der Waals surface area contributed by atoms with E-state index in [4.69, 9.17) is 9.05 Å². The van der Waals surface area contributed by atoms with Gasteiger partial charge in [0.15, 0.2) is 11.3 Å². The molecule has 12 nitrogen and oxygen atoms in total. The molecule has 3 aliphatic rings. The molecule has 3 fully saturated rings. The first-order chi connectivity index (χ1) is 21.4. The maximum Gasteiger partial charge on any atom is 0.408 e. The molecule has 0 radical (unpaired) electrons. The summed E-state index contributed by atoms with van der Waals surface area (Å²) < 4.78 is 80.5. The number of aromatic nitrogens is 6. The van der Waals surface area contributed by atoms with E-state index in [0.717, 1.165) is 12.8 Å². The van der Waals surface area contributed by atoms with Crippen molar-refractivity contribution in [3.63, 3.8) is 0 Å². The van der Waals surface area contributed by atoms with Crippen molar-refractivity contribution in [2.45, 2.75) is 86.9 Å². The molecule has 2 N–H and O–H groups in total. The molecule has 1 saturated heterocycles. The highest BCUT2D eigenvalue weighted by molar-refractivity contribution is 5.93. The van der Waals surface area contributed by atoms with Crippen molar-refractivity contribution in [1.29, 1.82) is 0 Å². The van der Waals surface area contributed by atoms with Gasteiger partial charge in [-0.3, -0.25) is 9.59 Å². The van der Waals surface area contributed by atoms with E-state index in [1.165, 1.54) is 23.2 Å². The lowest BCUT2D eigenvalue weighted by atomic mass is 9.79.